The number of rotatable bonds is 13. The fourth-order valence-corrected chi connectivity index (χ4v) is 4.33. The maximum Gasteiger partial charge on any atom is 0.258 e. The van der Waals surface area contributed by atoms with E-state index in [2.05, 4.69) is 16.0 Å². The van der Waals surface area contributed by atoms with Crippen molar-refractivity contribution in [2.75, 3.05) is 20.3 Å². The van der Waals surface area contributed by atoms with E-state index in [9.17, 15) is 4.79 Å². The lowest BCUT2D eigenvalue weighted by molar-refractivity contribution is -0.123. The third-order valence-electron chi connectivity index (χ3n) is 6.14. The molecule has 1 aromatic heterocycles. The van der Waals surface area contributed by atoms with Crippen molar-refractivity contribution in [1.82, 2.24) is 14.9 Å². The van der Waals surface area contributed by atoms with Gasteiger partial charge in [-0.2, -0.15) is 0 Å². The number of nitrogens with zero attached hydrogens (tertiary/aromatic N) is 2. The van der Waals surface area contributed by atoms with Gasteiger partial charge in [-0.3, -0.25) is 4.79 Å². The van der Waals surface area contributed by atoms with Crippen molar-refractivity contribution in [2.45, 2.75) is 39.3 Å². The third-order valence-corrected chi connectivity index (χ3v) is 6.14. The molecule has 7 nitrogen and oxygen atoms in total. The molecule has 1 N–H and O–H groups in total. The molecule has 198 valence electrons. The number of amides is 1. The minimum atomic E-state index is -0.273. The van der Waals surface area contributed by atoms with E-state index in [1.807, 2.05) is 92.7 Å². The van der Waals surface area contributed by atoms with Gasteiger partial charge in [-0.25, -0.2) is 4.98 Å². The standard InChI is InChI=1S/C31H35N3O4/c1-4-12-24-17-18-28(29(21-24)36-3)37-20-11-10-19-34-27-16-9-8-15-26(27)33-31(34)23(2)32-30(35)22-38-25-13-6-5-7-14-25/h4-9,12-18,21,23H,10-11,19-20,22H2,1-3H3,(H,32,35)/b12-4+. The molecule has 0 aliphatic rings. The van der Waals surface area contributed by atoms with Crippen molar-refractivity contribution in [3.05, 3.63) is 90.3 Å². The van der Waals surface area contributed by atoms with E-state index >= 15 is 0 Å². The first kappa shape index (κ1) is 26.8. The van der Waals surface area contributed by atoms with Gasteiger partial charge in [0.1, 0.15) is 11.6 Å². The van der Waals surface area contributed by atoms with E-state index < -0.39 is 0 Å². The predicted octanol–water partition coefficient (Wildman–Crippen LogP) is 6.19. The number of carbonyl (C=O) groups is 1. The summed E-state index contributed by atoms with van der Waals surface area (Å²) < 4.78 is 19.3. The molecule has 0 bridgehead atoms. The smallest absolute Gasteiger partial charge is 0.258 e. The molecule has 0 fully saturated rings. The molecule has 0 aliphatic heterocycles. The number of hydrogen-bond donors (Lipinski definition) is 1. The van der Waals surface area contributed by atoms with Crippen LogP contribution in [0, 0.1) is 0 Å². The quantitative estimate of drug-likeness (QED) is 0.216. The van der Waals surface area contributed by atoms with Crippen LogP contribution < -0.4 is 19.5 Å². The summed E-state index contributed by atoms with van der Waals surface area (Å²) in [6, 6.07) is 23.0. The van der Waals surface area contributed by atoms with Crippen LogP contribution in [-0.2, 0) is 11.3 Å². The van der Waals surface area contributed by atoms with Gasteiger partial charge in [0, 0.05) is 6.54 Å². The van der Waals surface area contributed by atoms with E-state index in [0.29, 0.717) is 12.4 Å². The summed E-state index contributed by atoms with van der Waals surface area (Å²) >= 11 is 0. The Morgan fingerprint density at radius 2 is 1.79 bits per heavy atom. The van der Waals surface area contributed by atoms with Crippen LogP contribution in [0.15, 0.2) is 78.9 Å². The number of imidazole rings is 1. The number of methoxy groups -OCH3 is 1. The number of para-hydroxylation sites is 3. The molecule has 0 saturated heterocycles. The number of benzene rings is 3. The number of unbranched alkanes of at least 4 members (excludes halogenated alkanes) is 1. The molecule has 0 spiro atoms. The van der Waals surface area contributed by atoms with E-state index in [1.54, 1.807) is 7.11 Å². The van der Waals surface area contributed by atoms with Gasteiger partial charge in [0.25, 0.3) is 5.91 Å². The van der Waals surface area contributed by atoms with E-state index in [0.717, 1.165) is 53.3 Å². The molecule has 38 heavy (non-hydrogen) atoms. The normalized spacial score (nSPS) is 12.0. The van der Waals surface area contributed by atoms with Crippen molar-refractivity contribution in [3.8, 4) is 17.2 Å². The van der Waals surface area contributed by atoms with E-state index in [1.165, 1.54) is 0 Å². The highest BCUT2D eigenvalue weighted by atomic mass is 16.5. The number of aromatic nitrogens is 2. The molecular weight excluding hydrogens is 478 g/mol. The summed E-state index contributed by atoms with van der Waals surface area (Å²) in [4.78, 5) is 17.4. The molecule has 0 saturated carbocycles. The Bertz CT molecular complexity index is 1360. The molecular formula is C31H35N3O4. The van der Waals surface area contributed by atoms with Gasteiger partial charge < -0.3 is 24.1 Å². The number of allylic oxidation sites excluding steroid dienone is 1. The van der Waals surface area contributed by atoms with Crippen LogP contribution in [0.2, 0.25) is 0 Å². The number of nitrogens with one attached hydrogen (secondary N) is 1. The molecule has 1 heterocycles. The largest absolute Gasteiger partial charge is 0.493 e. The SMILES string of the molecule is C/C=C/c1ccc(OCCCCn2c(C(C)NC(=O)COc3ccccc3)nc3ccccc32)c(OC)c1. The Balaban J connectivity index is 1.35. The van der Waals surface area contributed by atoms with Crippen LogP contribution in [-0.4, -0.2) is 35.8 Å². The topological polar surface area (TPSA) is 74.6 Å². The van der Waals surface area contributed by atoms with Crippen LogP contribution >= 0.6 is 0 Å². The fraction of sp³-hybridized carbons (Fsp3) is 0.290. The minimum Gasteiger partial charge on any atom is -0.493 e. The molecule has 4 rings (SSSR count). The van der Waals surface area contributed by atoms with Gasteiger partial charge in [0.15, 0.2) is 18.1 Å². The lowest BCUT2D eigenvalue weighted by Crippen LogP contribution is -2.32. The Morgan fingerprint density at radius 1 is 1.00 bits per heavy atom. The zero-order valence-corrected chi connectivity index (χ0v) is 22.2. The molecule has 0 aliphatic carbocycles. The summed E-state index contributed by atoms with van der Waals surface area (Å²) in [6.45, 7) is 5.22. The van der Waals surface area contributed by atoms with Gasteiger partial charge in [0.05, 0.1) is 30.8 Å². The zero-order chi connectivity index (χ0) is 26.7. The lowest BCUT2D eigenvalue weighted by atomic mass is 10.2. The summed E-state index contributed by atoms with van der Waals surface area (Å²) in [5.74, 6) is 2.76. The molecule has 4 aromatic rings. The second-order valence-electron chi connectivity index (χ2n) is 8.97. The zero-order valence-electron chi connectivity index (χ0n) is 22.2. The Kier molecular flexibility index (Phi) is 9.40. The highest BCUT2D eigenvalue weighted by molar-refractivity contribution is 5.79. The van der Waals surface area contributed by atoms with Crippen LogP contribution in [0.1, 0.15) is 44.1 Å². The van der Waals surface area contributed by atoms with Crippen LogP contribution in [0.4, 0.5) is 0 Å². The first-order valence-corrected chi connectivity index (χ1v) is 12.9. The highest BCUT2D eigenvalue weighted by Crippen LogP contribution is 2.29. The molecule has 3 aromatic carbocycles. The van der Waals surface area contributed by atoms with Crippen molar-refractivity contribution < 1.29 is 19.0 Å². The molecule has 7 heteroatoms. The van der Waals surface area contributed by atoms with Crippen LogP contribution in [0.3, 0.4) is 0 Å². The predicted molar refractivity (Wildman–Crippen MR) is 151 cm³/mol. The van der Waals surface area contributed by atoms with E-state index in [-0.39, 0.29) is 18.6 Å². The minimum absolute atomic E-state index is 0.0505. The second-order valence-corrected chi connectivity index (χ2v) is 8.97. The second kappa shape index (κ2) is 13.3. The molecule has 1 amide bonds. The molecule has 1 unspecified atom stereocenters. The first-order chi connectivity index (χ1) is 18.6. The summed E-state index contributed by atoms with van der Waals surface area (Å²) in [6.07, 6.45) is 5.77. The van der Waals surface area contributed by atoms with Crippen molar-refractivity contribution in [3.63, 3.8) is 0 Å². The van der Waals surface area contributed by atoms with Crippen molar-refractivity contribution in [2.24, 2.45) is 0 Å². The maximum atomic E-state index is 12.6. The van der Waals surface area contributed by atoms with Gasteiger partial charge in [0.2, 0.25) is 0 Å². The lowest BCUT2D eigenvalue weighted by Gasteiger charge is -2.17. The number of carbonyl (C=O) groups excluding carboxylic acids is 1. The Labute approximate surface area is 224 Å². The van der Waals surface area contributed by atoms with Crippen LogP contribution in [0.5, 0.6) is 17.2 Å². The van der Waals surface area contributed by atoms with E-state index in [4.69, 9.17) is 19.2 Å². The van der Waals surface area contributed by atoms with Crippen molar-refractivity contribution >= 4 is 23.0 Å². The fourth-order valence-electron chi connectivity index (χ4n) is 4.33. The summed E-state index contributed by atoms with van der Waals surface area (Å²) in [5.41, 5.74) is 3.03. The first-order valence-electron chi connectivity index (χ1n) is 12.9. The third kappa shape index (κ3) is 6.94. The maximum absolute atomic E-state index is 12.6. The monoisotopic (exact) mass is 513 g/mol. The van der Waals surface area contributed by atoms with Crippen molar-refractivity contribution in [1.29, 1.82) is 0 Å². The average molecular weight is 514 g/mol. The van der Waals surface area contributed by atoms with Gasteiger partial charge in [-0.15, -0.1) is 0 Å². The average Bonchev–Trinajstić information content (AvgIpc) is 3.32. The van der Waals surface area contributed by atoms with Gasteiger partial charge >= 0.3 is 0 Å². The molecule has 1 atom stereocenters. The Morgan fingerprint density at radius 3 is 2.58 bits per heavy atom. The summed E-state index contributed by atoms with van der Waals surface area (Å²) in [7, 11) is 1.65. The Hall–Kier alpha value is -4.26. The number of fused-ring (bicyclic) bond motifs is 1. The number of hydrogen-bond acceptors (Lipinski definition) is 5. The van der Waals surface area contributed by atoms with Gasteiger partial charge in [-0.05, 0) is 68.7 Å². The van der Waals surface area contributed by atoms with Gasteiger partial charge in [-0.1, -0.05) is 48.6 Å². The number of ether oxygens (including phenoxy) is 3. The van der Waals surface area contributed by atoms with Crippen LogP contribution in [0.25, 0.3) is 17.1 Å². The molecule has 0 radical (unpaired) electrons. The highest BCUT2D eigenvalue weighted by Gasteiger charge is 2.18. The summed E-state index contributed by atoms with van der Waals surface area (Å²) in [5, 5.41) is 3.03. The number of aryl methyl sites for hydroxylation is 1.